The smallest absolute Gasteiger partial charge is 0.308 e. The van der Waals surface area contributed by atoms with Crippen molar-refractivity contribution in [3.05, 3.63) is 60.7 Å². The van der Waals surface area contributed by atoms with Gasteiger partial charge in [-0.1, -0.05) is 36.4 Å². The summed E-state index contributed by atoms with van der Waals surface area (Å²) in [6, 6.07) is 13.4. The van der Waals surface area contributed by atoms with Gasteiger partial charge in [-0.3, -0.25) is 13.9 Å². The number of hydrogen-bond acceptors (Lipinski definition) is 7. The third-order valence-corrected chi connectivity index (χ3v) is 6.88. The zero-order valence-electron chi connectivity index (χ0n) is 16.9. The lowest BCUT2D eigenvalue weighted by Gasteiger charge is -2.15. The monoisotopic (exact) mass is 488 g/mol. The largest absolute Gasteiger partial charge is 0.507 e. The van der Waals surface area contributed by atoms with E-state index in [1.165, 1.54) is 42.5 Å². The molecular weight excluding hydrogens is 472 g/mol. The second-order valence-corrected chi connectivity index (χ2v) is 9.93. The Kier molecular flexibility index (Phi) is 5.37. The Morgan fingerprint density at radius 1 is 0.788 bits per heavy atom. The minimum Gasteiger partial charge on any atom is -0.507 e. The van der Waals surface area contributed by atoms with Gasteiger partial charge in [0, 0.05) is 34.0 Å². The van der Waals surface area contributed by atoms with E-state index in [0.29, 0.717) is 0 Å². The molecule has 0 aliphatic heterocycles. The number of phenolic OH excluding ortho intramolecular Hbond substituents is 1. The van der Waals surface area contributed by atoms with Crippen LogP contribution < -0.4 is 4.74 Å². The molecule has 0 aromatic heterocycles. The van der Waals surface area contributed by atoms with Crippen LogP contribution in [-0.2, 0) is 25.0 Å². The molecule has 9 nitrogen and oxygen atoms in total. The fourth-order valence-electron chi connectivity index (χ4n) is 3.75. The van der Waals surface area contributed by atoms with E-state index < -0.39 is 36.0 Å². The van der Waals surface area contributed by atoms with E-state index in [2.05, 4.69) is 0 Å². The van der Waals surface area contributed by atoms with Crippen LogP contribution in [-0.4, -0.2) is 37.0 Å². The lowest BCUT2D eigenvalue weighted by molar-refractivity contribution is -0.131. The Balaban J connectivity index is 2.13. The van der Waals surface area contributed by atoms with Crippen LogP contribution in [0.1, 0.15) is 6.92 Å². The number of ether oxygens (including phenoxy) is 1. The van der Waals surface area contributed by atoms with Gasteiger partial charge in [-0.2, -0.15) is 16.8 Å². The highest BCUT2D eigenvalue weighted by Crippen LogP contribution is 2.41. The van der Waals surface area contributed by atoms with Crippen LogP contribution in [0.4, 0.5) is 0 Å². The van der Waals surface area contributed by atoms with Crippen molar-refractivity contribution in [2.45, 2.75) is 16.7 Å². The third kappa shape index (κ3) is 4.14. The Bertz CT molecular complexity index is 1670. The van der Waals surface area contributed by atoms with Gasteiger partial charge in [-0.25, -0.2) is 0 Å². The highest BCUT2D eigenvalue weighted by molar-refractivity contribution is 7.86. The van der Waals surface area contributed by atoms with Crippen LogP contribution in [0.25, 0.3) is 32.7 Å². The molecule has 0 spiro atoms. The minimum absolute atomic E-state index is 0.0124. The summed E-state index contributed by atoms with van der Waals surface area (Å²) in [6.07, 6.45) is 0. The molecule has 11 heteroatoms. The molecule has 4 aromatic carbocycles. The van der Waals surface area contributed by atoms with E-state index in [9.17, 15) is 35.8 Å². The first-order valence-corrected chi connectivity index (χ1v) is 12.2. The second kappa shape index (κ2) is 7.81. The van der Waals surface area contributed by atoms with Crippen LogP contribution in [0, 0.1) is 0 Å². The van der Waals surface area contributed by atoms with Crippen molar-refractivity contribution in [2.24, 2.45) is 0 Å². The Morgan fingerprint density at radius 2 is 1.45 bits per heavy atom. The summed E-state index contributed by atoms with van der Waals surface area (Å²) in [6.45, 7) is 1.14. The molecule has 0 atom stereocenters. The van der Waals surface area contributed by atoms with Crippen molar-refractivity contribution < 1.29 is 40.6 Å². The van der Waals surface area contributed by atoms with Gasteiger partial charge >= 0.3 is 5.97 Å². The summed E-state index contributed by atoms with van der Waals surface area (Å²) < 4.78 is 72.9. The number of benzene rings is 4. The zero-order valence-corrected chi connectivity index (χ0v) is 18.5. The summed E-state index contributed by atoms with van der Waals surface area (Å²) in [5.74, 6) is -0.978. The fraction of sp³-hybridized carbons (Fsp3) is 0.0455. The molecule has 0 aliphatic rings. The van der Waals surface area contributed by atoms with Crippen LogP contribution in [0.3, 0.4) is 0 Å². The molecule has 0 bridgehead atoms. The number of aromatic hydroxyl groups is 1. The van der Waals surface area contributed by atoms with Gasteiger partial charge < -0.3 is 9.84 Å². The van der Waals surface area contributed by atoms with E-state index >= 15 is 0 Å². The highest BCUT2D eigenvalue weighted by Gasteiger charge is 2.24. The van der Waals surface area contributed by atoms with Gasteiger partial charge in [0.2, 0.25) is 0 Å². The topological polar surface area (TPSA) is 155 Å². The average molecular weight is 488 g/mol. The highest BCUT2D eigenvalue weighted by atomic mass is 32.2. The van der Waals surface area contributed by atoms with Crippen molar-refractivity contribution in [2.75, 3.05) is 0 Å². The first-order chi connectivity index (χ1) is 15.4. The maximum atomic E-state index is 12.3. The van der Waals surface area contributed by atoms with Crippen LogP contribution in [0.5, 0.6) is 11.5 Å². The molecule has 3 N–H and O–H groups in total. The van der Waals surface area contributed by atoms with Crippen LogP contribution >= 0.6 is 0 Å². The Morgan fingerprint density at radius 3 is 2.06 bits per heavy atom. The van der Waals surface area contributed by atoms with Gasteiger partial charge in [0.15, 0.2) is 0 Å². The van der Waals surface area contributed by atoms with Crippen molar-refractivity contribution in [1.29, 1.82) is 0 Å². The van der Waals surface area contributed by atoms with Crippen molar-refractivity contribution in [1.82, 2.24) is 0 Å². The lowest BCUT2D eigenvalue weighted by atomic mass is 9.97. The number of hydrogen-bond donors (Lipinski definition) is 3. The summed E-state index contributed by atoms with van der Waals surface area (Å²) in [5, 5.41) is 10.8. The maximum absolute atomic E-state index is 12.3. The number of carbonyl (C=O) groups excluding carboxylic acids is 1. The minimum atomic E-state index is -4.77. The molecule has 0 radical (unpaired) electrons. The molecule has 0 unspecified atom stereocenters. The molecule has 170 valence electrons. The summed E-state index contributed by atoms with van der Waals surface area (Å²) in [5.41, 5.74) is 0.0960. The van der Waals surface area contributed by atoms with Crippen LogP contribution in [0.2, 0.25) is 0 Å². The molecule has 4 rings (SSSR count). The predicted octanol–water partition coefficient (Wildman–Crippen LogP) is 3.78. The number of phenols is 1. The number of esters is 1. The molecule has 0 aliphatic carbocycles. The van der Waals surface area contributed by atoms with E-state index in [0.717, 1.165) is 19.1 Å². The van der Waals surface area contributed by atoms with Crippen molar-refractivity contribution in [3.8, 4) is 22.6 Å². The fourth-order valence-corrected chi connectivity index (χ4v) is 5.36. The van der Waals surface area contributed by atoms with Gasteiger partial charge in [0.25, 0.3) is 20.2 Å². The molecule has 0 saturated heterocycles. The third-order valence-electron chi connectivity index (χ3n) is 5.01. The maximum Gasteiger partial charge on any atom is 0.308 e. The normalized spacial score (nSPS) is 12.2. The van der Waals surface area contributed by atoms with E-state index in [4.69, 9.17) is 4.74 Å². The summed E-state index contributed by atoms with van der Waals surface area (Å²) in [7, 11) is -9.41. The second-order valence-electron chi connectivity index (χ2n) is 7.18. The lowest BCUT2D eigenvalue weighted by Crippen LogP contribution is -2.05. The van der Waals surface area contributed by atoms with Crippen LogP contribution in [0.15, 0.2) is 70.5 Å². The van der Waals surface area contributed by atoms with Gasteiger partial charge in [-0.05, 0) is 29.8 Å². The molecule has 0 amide bonds. The predicted molar refractivity (Wildman–Crippen MR) is 119 cm³/mol. The number of carbonyl (C=O) groups is 1. The van der Waals surface area contributed by atoms with E-state index in [1.54, 1.807) is 6.07 Å². The Labute approximate surface area is 188 Å². The molecule has 33 heavy (non-hydrogen) atoms. The molecule has 0 saturated carbocycles. The average Bonchev–Trinajstić information content (AvgIpc) is 2.71. The standard InChI is InChI=1S/C22H16O9S2/c1-12(23)31-20-8-9-21(32(25,26)27)15-7-6-13(10-18(15)20)17-11-19(24)14-4-2-3-5-16(14)22(17)33(28,29)30/h2-11,24H,1H3,(H,25,26,27)(H,28,29,30). The van der Waals surface area contributed by atoms with Gasteiger partial charge in [0.1, 0.15) is 21.3 Å². The molecule has 4 aromatic rings. The molecule has 0 heterocycles. The quantitative estimate of drug-likeness (QED) is 0.221. The number of rotatable bonds is 4. The first kappa shape index (κ1) is 22.7. The van der Waals surface area contributed by atoms with Crippen molar-refractivity contribution >= 4 is 47.8 Å². The van der Waals surface area contributed by atoms with Gasteiger partial charge in [0.05, 0.1) is 0 Å². The SMILES string of the molecule is CC(=O)Oc1ccc(S(=O)(=O)O)c2ccc(-c3cc(O)c4ccccc4c3S(=O)(=O)O)cc12. The number of fused-ring (bicyclic) bond motifs is 2. The summed E-state index contributed by atoms with van der Waals surface area (Å²) >= 11 is 0. The van der Waals surface area contributed by atoms with Gasteiger partial charge in [-0.15, -0.1) is 0 Å². The first-order valence-electron chi connectivity index (χ1n) is 9.33. The zero-order chi connectivity index (χ0) is 24.1. The summed E-state index contributed by atoms with van der Waals surface area (Å²) in [4.78, 5) is 10.6. The molecule has 0 fully saturated rings. The Hall–Kier alpha value is -3.51. The van der Waals surface area contributed by atoms with E-state index in [1.807, 2.05) is 0 Å². The van der Waals surface area contributed by atoms with E-state index in [-0.39, 0.29) is 44.2 Å². The van der Waals surface area contributed by atoms with Crippen molar-refractivity contribution in [3.63, 3.8) is 0 Å². The molecular formula is C22H16O9S2.